The number of methoxy groups -OCH3 is 2. The van der Waals surface area contributed by atoms with Gasteiger partial charge in [-0.1, -0.05) is 6.07 Å². The van der Waals surface area contributed by atoms with Crippen molar-refractivity contribution in [2.45, 2.75) is 25.7 Å². The normalized spacial score (nSPS) is 24.4. The highest BCUT2D eigenvalue weighted by molar-refractivity contribution is 5.34. The van der Waals surface area contributed by atoms with Crippen LogP contribution in [0.25, 0.3) is 0 Å². The molecular weight excluding hydrogens is 230 g/mol. The van der Waals surface area contributed by atoms with Crippen LogP contribution in [0.3, 0.4) is 0 Å². The van der Waals surface area contributed by atoms with E-state index in [1.54, 1.807) is 14.2 Å². The highest BCUT2D eigenvalue weighted by Gasteiger charge is 2.31. The van der Waals surface area contributed by atoms with Crippen LogP contribution >= 0.6 is 0 Å². The van der Waals surface area contributed by atoms with Gasteiger partial charge in [-0.3, -0.25) is 4.90 Å². The molecule has 18 heavy (non-hydrogen) atoms. The molecule has 1 aromatic carbocycles. The van der Waals surface area contributed by atoms with Gasteiger partial charge in [0.15, 0.2) is 0 Å². The topological polar surface area (TPSA) is 41.9 Å². The first kappa shape index (κ1) is 13.3. The van der Waals surface area contributed by atoms with Gasteiger partial charge >= 0.3 is 0 Å². The first-order valence-electron chi connectivity index (χ1n) is 6.20. The smallest absolute Gasteiger partial charge is 0.119 e. The number of aliphatic hydroxyl groups excluding tert-OH is 1. The lowest BCUT2D eigenvalue weighted by atomic mass is 10.1. The van der Waals surface area contributed by atoms with Crippen molar-refractivity contribution in [1.29, 1.82) is 0 Å². The van der Waals surface area contributed by atoms with E-state index in [0.717, 1.165) is 18.8 Å². The molecular formula is C14H21NO3. The van der Waals surface area contributed by atoms with Crippen LogP contribution in [0.15, 0.2) is 18.2 Å². The molecule has 0 aromatic heterocycles. The predicted octanol–water partition coefficient (Wildman–Crippen LogP) is 1.20. The monoisotopic (exact) mass is 251 g/mol. The van der Waals surface area contributed by atoms with Crippen molar-refractivity contribution >= 4 is 0 Å². The minimum Gasteiger partial charge on any atom is -0.497 e. The van der Waals surface area contributed by atoms with Crippen LogP contribution in [0.1, 0.15) is 11.1 Å². The highest BCUT2D eigenvalue weighted by atomic mass is 16.5. The molecule has 1 saturated heterocycles. The second-order valence-corrected chi connectivity index (χ2v) is 4.83. The molecule has 0 unspecified atom stereocenters. The number of likely N-dealkylation sites (tertiary alicyclic amines) is 1. The first-order chi connectivity index (χ1) is 8.63. The van der Waals surface area contributed by atoms with Gasteiger partial charge in [0, 0.05) is 26.7 Å². The molecule has 1 aliphatic rings. The van der Waals surface area contributed by atoms with E-state index in [0.29, 0.717) is 6.54 Å². The molecule has 0 bridgehead atoms. The number of aryl methyl sites for hydroxylation is 1. The molecule has 1 aromatic rings. The van der Waals surface area contributed by atoms with Crippen LogP contribution < -0.4 is 4.74 Å². The Morgan fingerprint density at radius 3 is 2.67 bits per heavy atom. The second-order valence-electron chi connectivity index (χ2n) is 4.83. The van der Waals surface area contributed by atoms with Crippen LogP contribution in [0.4, 0.5) is 0 Å². The van der Waals surface area contributed by atoms with Crippen molar-refractivity contribution in [2.24, 2.45) is 0 Å². The summed E-state index contributed by atoms with van der Waals surface area (Å²) in [6.45, 7) is 4.37. The van der Waals surface area contributed by atoms with Gasteiger partial charge in [-0.05, 0) is 30.2 Å². The summed E-state index contributed by atoms with van der Waals surface area (Å²) in [5, 5.41) is 9.80. The number of ether oxygens (including phenoxy) is 2. The first-order valence-corrected chi connectivity index (χ1v) is 6.20. The van der Waals surface area contributed by atoms with Crippen molar-refractivity contribution < 1.29 is 14.6 Å². The Bertz CT molecular complexity index is 408. The quantitative estimate of drug-likeness (QED) is 0.873. The fraction of sp³-hybridized carbons (Fsp3) is 0.571. The van der Waals surface area contributed by atoms with Gasteiger partial charge in [-0.2, -0.15) is 0 Å². The molecule has 0 saturated carbocycles. The van der Waals surface area contributed by atoms with E-state index in [9.17, 15) is 5.11 Å². The third-order valence-electron chi connectivity index (χ3n) is 3.56. The van der Waals surface area contributed by atoms with E-state index >= 15 is 0 Å². The Morgan fingerprint density at radius 2 is 2.11 bits per heavy atom. The fourth-order valence-electron chi connectivity index (χ4n) is 2.41. The number of benzene rings is 1. The number of hydrogen-bond acceptors (Lipinski definition) is 4. The van der Waals surface area contributed by atoms with E-state index < -0.39 is 0 Å². The second kappa shape index (κ2) is 5.69. The molecule has 100 valence electrons. The summed E-state index contributed by atoms with van der Waals surface area (Å²) in [5.74, 6) is 0.882. The number of β-amino-alcohol motifs (C(OH)–C–C–N with tert-alkyl or cyclic N) is 1. The lowest BCUT2D eigenvalue weighted by Gasteiger charge is -2.17. The van der Waals surface area contributed by atoms with Crippen LogP contribution in [0.5, 0.6) is 5.75 Å². The molecule has 1 aliphatic heterocycles. The SMILES string of the molecule is COc1ccc(CN2C[C@H](OC)[C@@H](O)C2)c(C)c1. The van der Waals surface area contributed by atoms with Crippen molar-refractivity contribution in [3.63, 3.8) is 0 Å². The van der Waals surface area contributed by atoms with Gasteiger partial charge in [0.2, 0.25) is 0 Å². The molecule has 0 amide bonds. The lowest BCUT2D eigenvalue weighted by molar-refractivity contribution is 0.0215. The zero-order valence-electron chi connectivity index (χ0n) is 11.2. The number of rotatable bonds is 4. The minimum absolute atomic E-state index is 0.0662. The molecule has 0 radical (unpaired) electrons. The molecule has 2 rings (SSSR count). The molecule has 1 heterocycles. The van der Waals surface area contributed by atoms with E-state index in [4.69, 9.17) is 9.47 Å². The van der Waals surface area contributed by atoms with Crippen LogP contribution in [-0.2, 0) is 11.3 Å². The summed E-state index contributed by atoms with van der Waals surface area (Å²) < 4.78 is 10.4. The molecule has 4 nitrogen and oxygen atoms in total. The predicted molar refractivity (Wildman–Crippen MR) is 69.8 cm³/mol. The maximum Gasteiger partial charge on any atom is 0.119 e. The summed E-state index contributed by atoms with van der Waals surface area (Å²) in [7, 11) is 3.32. The third kappa shape index (κ3) is 2.83. The maximum absolute atomic E-state index is 9.80. The molecule has 2 atom stereocenters. The van der Waals surface area contributed by atoms with Crippen LogP contribution in [0.2, 0.25) is 0 Å². The van der Waals surface area contributed by atoms with Crippen molar-refractivity contribution in [3.8, 4) is 5.75 Å². The summed E-state index contributed by atoms with van der Waals surface area (Å²) >= 11 is 0. The zero-order valence-corrected chi connectivity index (χ0v) is 11.2. The Hall–Kier alpha value is -1.10. The largest absolute Gasteiger partial charge is 0.497 e. The Balaban J connectivity index is 2.02. The molecule has 1 N–H and O–H groups in total. The highest BCUT2D eigenvalue weighted by Crippen LogP contribution is 2.21. The van der Waals surface area contributed by atoms with Crippen molar-refractivity contribution in [2.75, 3.05) is 27.3 Å². The number of aliphatic hydroxyl groups is 1. The molecule has 1 fully saturated rings. The van der Waals surface area contributed by atoms with E-state index in [1.165, 1.54) is 11.1 Å². The average molecular weight is 251 g/mol. The lowest BCUT2D eigenvalue weighted by Crippen LogP contribution is -2.25. The molecule has 4 heteroatoms. The summed E-state index contributed by atoms with van der Waals surface area (Å²) in [6, 6.07) is 6.10. The van der Waals surface area contributed by atoms with Crippen molar-refractivity contribution in [1.82, 2.24) is 4.90 Å². The van der Waals surface area contributed by atoms with Crippen molar-refractivity contribution in [3.05, 3.63) is 29.3 Å². The standard InChI is InChI=1S/C14H21NO3/c1-10-6-12(17-2)5-4-11(10)7-15-8-13(16)14(9-15)18-3/h4-6,13-14,16H,7-9H2,1-3H3/t13-,14-/m0/s1. The van der Waals surface area contributed by atoms with Crippen LogP contribution in [-0.4, -0.2) is 49.5 Å². The summed E-state index contributed by atoms with van der Waals surface area (Å²) in [6.07, 6.45) is -0.447. The fourth-order valence-corrected chi connectivity index (χ4v) is 2.41. The summed E-state index contributed by atoms with van der Waals surface area (Å²) in [5.41, 5.74) is 2.48. The van der Waals surface area contributed by atoms with Gasteiger partial charge < -0.3 is 14.6 Å². The number of hydrogen-bond donors (Lipinski definition) is 1. The van der Waals surface area contributed by atoms with Gasteiger partial charge in [0.25, 0.3) is 0 Å². The van der Waals surface area contributed by atoms with Crippen LogP contribution in [0, 0.1) is 6.92 Å². The molecule has 0 aliphatic carbocycles. The van der Waals surface area contributed by atoms with E-state index in [1.807, 2.05) is 12.1 Å². The summed E-state index contributed by atoms with van der Waals surface area (Å²) in [4.78, 5) is 2.22. The Labute approximate surface area is 108 Å². The minimum atomic E-state index is -0.381. The van der Waals surface area contributed by atoms with E-state index in [-0.39, 0.29) is 12.2 Å². The van der Waals surface area contributed by atoms with Gasteiger partial charge in [-0.15, -0.1) is 0 Å². The van der Waals surface area contributed by atoms with E-state index in [2.05, 4.69) is 17.9 Å². The third-order valence-corrected chi connectivity index (χ3v) is 3.56. The Morgan fingerprint density at radius 1 is 1.33 bits per heavy atom. The zero-order chi connectivity index (χ0) is 13.1. The number of nitrogens with zero attached hydrogens (tertiary/aromatic N) is 1. The van der Waals surface area contributed by atoms with Gasteiger partial charge in [-0.25, -0.2) is 0 Å². The molecule has 0 spiro atoms. The van der Waals surface area contributed by atoms with Gasteiger partial charge in [0.1, 0.15) is 5.75 Å². The Kier molecular flexibility index (Phi) is 4.22. The van der Waals surface area contributed by atoms with Gasteiger partial charge in [0.05, 0.1) is 19.3 Å². The maximum atomic E-state index is 9.80. The average Bonchev–Trinajstić information content (AvgIpc) is 2.72.